The Morgan fingerprint density at radius 1 is 1.53 bits per heavy atom. The molecule has 1 atom stereocenters. The fraction of sp³-hybridized carbons (Fsp3) is 0.600. The molecule has 94 valence electrons. The van der Waals surface area contributed by atoms with E-state index in [0.717, 1.165) is 6.42 Å². The molecule has 0 spiro atoms. The molecule has 0 bridgehead atoms. The maximum Gasteiger partial charge on any atom is 0.251 e. The monoisotopic (exact) mass is 257 g/mol. The lowest BCUT2D eigenvalue weighted by atomic mass is 10.1. The SMILES string of the molecule is Cc1nc([C@H]2CCCN2S(C)(=O)=O)cc(=O)[nH]1. The molecule has 0 unspecified atom stereocenters. The summed E-state index contributed by atoms with van der Waals surface area (Å²) in [6.07, 6.45) is 2.69. The van der Waals surface area contributed by atoms with Crippen LogP contribution in [0.1, 0.15) is 30.4 Å². The summed E-state index contributed by atoms with van der Waals surface area (Å²) in [5.41, 5.74) is 0.294. The lowest BCUT2D eigenvalue weighted by Gasteiger charge is -2.21. The molecule has 2 rings (SSSR count). The van der Waals surface area contributed by atoms with Crippen molar-refractivity contribution in [2.24, 2.45) is 0 Å². The molecule has 1 aliphatic rings. The van der Waals surface area contributed by atoms with E-state index in [1.165, 1.54) is 16.6 Å². The number of nitrogens with zero attached hydrogens (tertiary/aromatic N) is 2. The van der Waals surface area contributed by atoms with Crippen LogP contribution in [0.5, 0.6) is 0 Å². The molecule has 0 aliphatic carbocycles. The minimum Gasteiger partial charge on any atom is -0.311 e. The first-order valence-electron chi connectivity index (χ1n) is 5.42. The first-order chi connectivity index (χ1) is 7.88. The number of aromatic nitrogens is 2. The van der Waals surface area contributed by atoms with E-state index in [2.05, 4.69) is 9.97 Å². The Hall–Kier alpha value is -1.21. The van der Waals surface area contributed by atoms with E-state index in [1.54, 1.807) is 6.92 Å². The van der Waals surface area contributed by atoms with E-state index in [-0.39, 0.29) is 11.6 Å². The molecule has 1 aliphatic heterocycles. The molecule has 1 aromatic heterocycles. The highest BCUT2D eigenvalue weighted by atomic mass is 32.2. The van der Waals surface area contributed by atoms with Gasteiger partial charge in [-0.3, -0.25) is 4.79 Å². The Morgan fingerprint density at radius 2 is 2.24 bits per heavy atom. The molecule has 0 saturated carbocycles. The van der Waals surface area contributed by atoms with Crippen molar-refractivity contribution in [1.29, 1.82) is 0 Å². The zero-order valence-corrected chi connectivity index (χ0v) is 10.6. The third-order valence-electron chi connectivity index (χ3n) is 2.85. The zero-order valence-electron chi connectivity index (χ0n) is 9.80. The van der Waals surface area contributed by atoms with E-state index < -0.39 is 10.0 Å². The van der Waals surface area contributed by atoms with Gasteiger partial charge in [0, 0.05) is 12.6 Å². The Kier molecular flexibility index (Phi) is 3.05. The van der Waals surface area contributed by atoms with Crippen LogP contribution >= 0.6 is 0 Å². The Morgan fingerprint density at radius 3 is 2.82 bits per heavy atom. The van der Waals surface area contributed by atoms with Gasteiger partial charge in [0.25, 0.3) is 5.56 Å². The highest BCUT2D eigenvalue weighted by Crippen LogP contribution is 2.32. The summed E-state index contributed by atoms with van der Waals surface area (Å²) in [7, 11) is -3.24. The van der Waals surface area contributed by atoms with Crippen LogP contribution in [-0.4, -0.2) is 35.5 Å². The highest BCUT2D eigenvalue weighted by molar-refractivity contribution is 7.88. The quantitative estimate of drug-likeness (QED) is 0.819. The lowest BCUT2D eigenvalue weighted by Crippen LogP contribution is -2.30. The predicted molar refractivity (Wildman–Crippen MR) is 63.1 cm³/mol. The average Bonchev–Trinajstić information content (AvgIpc) is 2.63. The predicted octanol–water partition coefficient (Wildman–Crippen LogP) is 0.175. The summed E-state index contributed by atoms with van der Waals surface area (Å²) < 4.78 is 24.6. The molecule has 6 nitrogen and oxygen atoms in total. The fourth-order valence-electron chi connectivity index (χ4n) is 2.21. The number of aryl methyl sites for hydroxylation is 1. The van der Waals surface area contributed by atoms with Crippen molar-refractivity contribution in [3.63, 3.8) is 0 Å². The molecule has 7 heteroatoms. The Labute approximate surface area is 99.7 Å². The number of hydrogen-bond acceptors (Lipinski definition) is 4. The largest absolute Gasteiger partial charge is 0.311 e. The molecule has 2 heterocycles. The summed E-state index contributed by atoms with van der Waals surface area (Å²) in [4.78, 5) is 18.1. The van der Waals surface area contributed by atoms with Crippen molar-refractivity contribution in [3.8, 4) is 0 Å². The number of aromatic amines is 1. The van der Waals surface area contributed by atoms with Crippen molar-refractivity contribution in [2.45, 2.75) is 25.8 Å². The standard InChI is InChI=1S/C10H15N3O3S/c1-7-11-8(6-10(14)12-7)9-4-3-5-13(9)17(2,15)16/h6,9H,3-5H2,1-2H3,(H,11,12,14)/t9-/m1/s1. The van der Waals surface area contributed by atoms with Crippen molar-refractivity contribution < 1.29 is 8.42 Å². The van der Waals surface area contributed by atoms with Crippen molar-refractivity contribution in [2.75, 3.05) is 12.8 Å². The van der Waals surface area contributed by atoms with E-state index in [1.807, 2.05) is 0 Å². The smallest absolute Gasteiger partial charge is 0.251 e. The molecule has 0 amide bonds. The number of H-pyrrole nitrogens is 1. The van der Waals surface area contributed by atoms with Crippen LogP contribution in [0.2, 0.25) is 0 Å². The van der Waals surface area contributed by atoms with Gasteiger partial charge in [0.15, 0.2) is 0 Å². The van der Waals surface area contributed by atoms with Gasteiger partial charge in [-0.2, -0.15) is 4.31 Å². The van der Waals surface area contributed by atoms with Crippen molar-refractivity contribution in [1.82, 2.24) is 14.3 Å². The Balaban J connectivity index is 2.42. The molecule has 17 heavy (non-hydrogen) atoms. The maximum absolute atomic E-state index is 11.6. The third-order valence-corrected chi connectivity index (χ3v) is 4.14. The van der Waals surface area contributed by atoms with Crippen LogP contribution in [0, 0.1) is 6.92 Å². The second-order valence-electron chi connectivity index (χ2n) is 4.29. The first kappa shape index (κ1) is 12.3. The summed E-state index contributed by atoms with van der Waals surface area (Å²) in [5, 5.41) is 0. The van der Waals surface area contributed by atoms with Crippen molar-refractivity contribution >= 4 is 10.0 Å². The number of sulfonamides is 1. The lowest BCUT2D eigenvalue weighted by molar-refractivity contribution is 0.393. The van der Waals surface area contributed by atoms with Gasteiger partial charge in [0.2, 0.25) is 10.0 Å². The Bertz CT molecular complexity index is 579. The molecule has 0 radical (unpaired) electrons. The van der Waals surface area contributed by atoms with Crippen LogP contribution in [0.3, 0.4) is 0 Å². The zero-order chi connectivity index (χ0) is 12.6. The van der Waals surface area contributed by atoms with Crippen LogP contribution in [0.15, 0.2) is 10.9 Å². The molecule has 1 saturated heterocycles. The van der Waals surface area contributed by atoms with Gasteiger partial charge < -0.3 is 4.98 Å². The van der Waals surface area contributed by atoms with Crippen LogP contribution in [0.25, 0.3) is 0 Å². The first-order valence-corrected chi connectivity index (χ1v) is 7.27. The minimum atomic E-state index is -3.24. The summed E-state index contributed by atoms with van der Waals surface area (Å²) >= 11 is 0. The van der Waals surface area contributed by atoms with E-state index in [9.17, 15) is 13.2 Å². The average molecular weight is 257 g/mol. The second kappa shape index (κ2) is 4.23. The molecule has 0 aromatic carbocycles. The van der Waals surface area contributed by atoms with Gasteiger partial charge in [-0.25, -0.2) is 13.4 Å². The van der Waals surface area contributed by atoms with Crippen LogP contribution in [0.4, 0.5) is 0 Å². The molecule has 1 fully saturated rings. The topological polar surface area (TPSA) is 83.1 Å². The molecular weight excluding hydrogens is 242 g/mol. The maximum atomic E-state index is 11.6. The minimum absolute atomic E-state index is 0.243. The van der Waals surface area contributed by atoms with E-state index in [4.69, 9.17) is 0 Å². The summed E-state index contributed by atoms with van der Waals surface area (Å²) in [5.74, 6) is 0.507. The second-order valence-corrected chi connectivity index (χ2v) is 6.22. The van der Waals surface area contributed by atoms with Gasteiger partial charge in [0.1, 0.15) is 5.82 Å². The third kappa shape index (κ3) is 2.55. The summed E-state index contributed by atoms with van der Waals surface area (Å²) in [6.45, 7) is 2.18. The fourth-order valence-corrected chi connectivity index (χ4v) is 3.34. The van der Waals surface area contributed by atoms with E-state index in [0.29, 0.717) is 24.5 Å². The summed E-state index contributed by atoms with van der Waals surface area (Å²) in [6, 6.07) is 1.08. The van der Waals surface area contributed by atoms with E-state index >= 15 is 0 Å². The van der Waals surface area contributed by atoms with Gasteiger partial charge in [-0.1, -0.05) is 0 Å². The van der Waals surface area contributed by atoms with Gasteiger partial charge in [-0.05, 0) is 19.8 Å². The number of hydrogen-bond donors (Lipinski definition) is 1. The number of nitrogens with one attached hydrogen (secondary N) is 1. The number of rotatable bonds is 2. The normalized spacial score (nSPS) is 21.9. The van der Waals surface area contributed by atoms with Gasteiger partial charge >= 0.3 is 0 Å². The van der Waals surface area contributed by atoms with Gasteiger partial charge in [0.05, 0.1) is 18.0 Å². The molecule has 1 N–H and O–H groups in total. The van der Waals surface area contributed by atoms with Gasteiger partial charge in [-0.15, -0.1) is 0 Å². The van der Waals surface area contributed by atoms with Crippen LogP contribution in [-0.2, 0) is 10.0 Å². The molecular formula is C10H15N3O3S. The van der Waals surface area contributed by atoms with Crippen molar-refractivity contribution in [3.05, 3.63) is 27.9 Å². The molecule has 1 aromatic rings. The highest BCUT2D eigenvalue weighted by Gasteiger charge is 2.33. The van der Waals surface area contributed by atoms with Crippen LogP contribution < -0.4 is 5.56 Å².